The van der Waals surface area contributed by atoms with Gasteiger partial charge in [0, 0.05) is 48.6 Å². The van der Waals surface area contributed by atoms with Gasteiger partial charge in [0.15, 0.2) is 0 Å². The van der Waals surface area contributed by atoms with Crippen molar-refractivity contribution in [1.29, 1.82) is 0 Å². The molecular weight excluding hydrogens is 837 g/mol. The Bertz CT molecular complexity index is 1840. The Labute approximate surface area is 425 Å². The highest BCUT2D eigenvalue weighted by Gasteiger charge is 2.14. The van der Waals surface area contributed by atoms with E-state index in [1.807, 2.05) is 67.5 Å². The van der Waals surface area contributed by atoms with Gasteiger partial charge in [0.1, 0.15) is 0 Å². The van der Waals surface area contributed by atoms with Crippen molar-refractivity contribution < 1.29 is 0 Å². The molecule has 0 N–H and O–H groups in total. The summed E-state index contributed by atoms with van der Waals surface area (Å²) in [6.45, 7) is 40.7. The van der Waals surface area contributed by atoms with Gasteiger partial charge in [-0.3, -0.25) is 19.9 Å². The zero-order chi connectivity index (χ0) is 52.0. The minimum atomic E-state index is 0.342. The van der Waals surface area contributed by atoms with Crippen LogP contribution in [0.15, 0.2) is 159 Å². The van der Waals surface area contributed by atoms with Gasteiger partial charge in [-0.2, -0.15) is 0 Å². The van der Waals surface area contributed by atoms with E-state index in [1.54, 1.807) is 0 Å². The van der Waals surface area contributed by atoms with Gasteiger partial charge in [-0.05, 0) is 155 Å². The first-order valence-corrected chi connectivity index (χ1v) is 25.6. The fraction of sp³-hybridized carbons (Fsp3) is 0.508. The molecule has 4 heteroatoms. The molecule has 0 saturated heterocycles. The zero-order valence-electron chi connectivity index (χ0n) is 47.2. The van der Waals surface area contributed by atoms with E-state index in [2.05, 4.69) is 236 Å². The number of nitrogens with zero attached hydrogens (tertiary/aromatic N) is 4. The molecule has 6 aromatic rings. The average Bonchev–Trinajstić information content (AvgIpc) is 3.25. The van der Waals surface area contributed by atoms with Crippen molar-refractivity contribution in [2.45, 2.75) is 182 Å². The third kappa shape index (κ3) is 40.6. The molecule has 69 heavy (non-hydrogen) atoms. The van der Waals surface area contributed by atoms with Crippen molar-refractivity contribution in [3.8, 4) is 0 Å². The Kier molecular flexibility index (Phi) is 28.2. The minimum Gasteiger partial charge on any atom is -0.265 e. The second kappa shape index (κ2) is 31.3. The number of rotatable bonds is 9. The van der Waals surface area contributed by atoms with Crippen molar-refractivity contribution in [2.24, 2.45) is 32.5 Å². The molecular formula is C65H98N4. The lowest BCUT2D eigenvalue weighted by Crippen LogP contribution is -2.09. The molecule has 378 valence electrons. The van der Waals surface area contributed by atoms with E-state index >= 15 is 0 Å². The Morgan fingerprint density at radius 1 is 0.275 bits per heavy atom. The molecule has 0 saturated carbocycles. The van der Waals surface area contributed by atoms with Gasteiger partial charge in [-0.1, -0.05) is 203 Å². The Morgan fingerprint density at radius 2 is 0.652 bits per heavy atom. The van der Waals surface area contributed by atoms with E-state index in [4.69, 9.17) is 0 Å². The maximum Gasteiger partial charge on any atom is 0.0408 e. The molecule has 0 unspecified atom stereocenters. The highest BCUT2D eigenvalue weighted by molar-refractivity contribution is 5.17. The molecule has 0 aliphatic carbocycles. The molecule has 0 amide bonds. The van der Waals surface area contributed by atoms with E-state index in [9.17, 15) is 0 Å². The molecule has 0 aliphatic heterocycles. The second-order valence-electron chi connectivity index (χ2n) is 25.7. The van der Waals surface area contributed by atoms with Gasteiger partial charge < -0.3 is 0 Å². The van der Waals surface area contributed by atoms with Crippen LogP contribution in [0.3, 0.4) is 0 Å². The third-order valence-electron chi connectivity index (χ3n) is 10.2. The molecule has 4 heterocycles. The smallest absolute Gasteiger partial charge is 0.0408 e. The van der Waals surface area contributed by atoms with Gasteiger partial charge in [0.2, 0.25) is 0 Å². The van der Waals surface area contributed by atoms with Crippen LogP contribution >= 0.6 is 0 Å². The molecule has 4 nitrogen and oxygen atoms in total. The molecule has 6 rings (SSSR count). The number of benzene rings is 2. The Balaban J connectivity index is 0.000000414. The van der Waals surface area contributed by atoms with Crippen LogP contribution in [0.4, 0.5) is 0 Å². The molecule has 0 bridgehead atoms. The maximum atomic E-state index is 4.28. The molecule has 0 atom stereocenters. The Morgan fingerprint density at radius 3 is 1.01 bits per heavy atom. The topological polar surface area (TPSA) is 51.6 Å². The first-order chi connectivity index (χ1) is 32.0. The van der Waals surface area contributed by atoms with Gasteiger partial charge in [0.25, 0.3) is 0 Å². The lowest BCUT2D eigenvalue weighted by molar-refractivity contribution is 0.376. The number of hydrogen-bond acceptors (Lipinski definition) is 4. The molecule has 0 spiro atoms. The summed E-state index contributed by atoms with van der Waals surface area (Å²) in [6, 6.07) is 41.7. The summed E-state index contributed by atoms with van der Waals surface area (Å²) in [6.07, 6.45) is 21.6. The van der Waals surface area contributed by atoms with E-state index in [1.165, 1.54) is 52.9 Å². The summed E-state index contributed by atoms with van der Waals surface area (Å²) in [7, 11) is 0. The first kappa shape index (κ1) is 62.1. The van der Waals surface area contributed by atoms with E-state index in [0.29, 0.717) is 32.5 Å². The fourth-order valence-electron chi connectivity index (χ4n) is 6.65. The first-order valence-electron chi connectivity index (χ1n) is 25.6. The summed E-state index contributed by atoms with van der Waals surface area (Å²) in [4.78, 5) is 16.6. The van der Waals surface area contributed by atoms with Crippen LogP contribution in [-0.4, -0.2) is 19.9 Å². The quantitative estimate of drug-likeness (QED) is 0.145. The summed E-state index contributed by atoms with van der Waals surface area (Å²) >= 11 is 0. The predicted molar refractivity (Wildman–Crippen MR) is 303 cm³/mol. The van der Waals surface area contributed by atoms with E-state index < -0.39 is 0 Å². The van der Waals surface area contributed by atoms with Crippen molar-refractivity contribution in [3.05, 3.63) is 192 Å². The van der Waals surface area contributed by atoms with Crippen LogP contribution < -0.4 is 0 Å². The SMILES string of the molecule is CC(C)(C)CCc1ccccn1.CC(C)(C)CCc1cccnc1.CC(C)(C)CCc1ccncc1.CC(C)(C)Cc1ccccc1.CC(C)(C)Cc1ccccc1.CC(C)(C)Cc1ccccn1. The monoisotopic (exact) mass is 935 g/mol. The van der Waals surface area contributed by atoms with Crippen LogP contribution in [0.5, 0.6) is 0 Å². The molecule has 0 radical (unpaired) electrons. The van der Waals surface area contributed by atoms with Crippen molar-refractivity contribution in [3.63, 3.8) is 0 Å². The van der Waals surface area contributed by atoms with Crippen LogP contribution in [0.1, 0.15) is 178 Å². The number of aryl methyl sites for hydroxylation is 3. The van der Waals surface area contributed by atoms with E-state index in [-0.39, 0.29) is 0 Å². The lowest BCUT2D eigenvalue weighted by Gasteiger charge is -2.17. The minimum absolute atomic E-state index is 0.342. The number of hydrogen-bond donors (Lipinski definition) is 0. The normalized spacial score (nSPS) is 11.6. The van der Waals surface area contributed by atoms with Crippen molar-refractivity contribution in [2.75, 3.05) is 0 Å². The largest absolute Gasteiger partial charge is 0.265 e. The highest BCUT2D eigenvalue weighted by Crippen LogP contribution is 2.24. The fourth-order valence-corrected chi connectivity index (χ4v) is 6.65. The predicted octanol–water partition coefficient (Wildman–Crippen LogP) is 18.4. The summed E-state index contributed by atoms with van der Waals surface area (Å²) in [5, 5.41) is 0. The van der Waals surface area contributed by atoms with Gasteiger partial charge >= 0.3 is 0 Å². The van der Waals surface area contributed by atoms with Gasteiger partial charge in [-0.25, -0.2) is 0 Å². The number of aromatic nitrogens is 4. The molecule has 4 aromatic heterocycles. The van der Waals surface area contributed by atoms with Gasteiger partial charge in [-0.15, -0.1) is 0 Å². The Hall–Kier alpha value is -4.96. The van der Waals surface area contributed by atoms with Crippen LogP contribution in [-0.2, 0) is 38.5 Å². The van der Waals surface area contributed by atoms with E-state index in [0.717, 1.165) is 38.5 Å². The summed E-state index contributed by atoms with van der Waals surface area (Å²) < 4.78 is 0. The van der Waals surface area contributed by atoms with Crippen molar-refractivity contribution >= 4 is 0 Å². The second-order valence-corrected chi connectivity index (χ2v) is 25.7. The van der Waals surface area contributed by atoms with Crippen molar-refractivity contribution in [1.82, 2.24) is 19.9 Å². The molecule has 0 fully saturated rings. The summed E-state index contributed by atoms with van der Waals surface area (Å²) in [5.74, 6) is 0. The average molecular weight is 936 g/mol. The van der Waals surface area contributed by atoms with Crippen LogP contribution in [0, 0.1) is 32.5 Å². The number of pyridine rings is 4. The standard InChI is InChI=1S/3C11H17N.2C11H16.C10H15N/c1-11(2,3)7-4-10-5-8-12-9-6-10;1-11(2,3)7-6-10-5-4-8-12-9-10;1-11(2,3)8-7-10-6-4-5-9-12-10;2*1-11(2,3)9-10-7-5-4-6-8-10;1-10(2,3)8-9-6-4-5-7-11-9/h5-6,8-9H,4,7H2,1-3H3;4-5,8-9H,6-7H2,1-3H3;4-6,9H,7-8H2,1-3H3;2*4-8H,9H2,1-3H3;4-7H,8H2,1-3H3. The summed E-state index contributed by atoms with van der Waals surface area (Å²) in [5.41, 5.74) is 10.4. The lowest BCUT2D eigenvalue weighted by atomic mass is 9.88. The van der Waals surface area contributed by atoms with Crippen LogP contribution in [0.2, 0.25) is 0 Å². The van der Waals surface area contributed by atoms with Gasteiger partial charge in [0.05, 0.1) is 0 Å². The molecule has 2 aromatic carbocycles. The third-order valence-corrected chi connectivity index (χ3v) is 10.2. The van der Waals surface area contributed by atoms with Crippen LogP contribution in [0.25, 0.3) is 0 Å². The maximum absolute atomic E-state index is 4.28. The highest BCUT2D eigenvalue weighted by atomic mass is 14.7. The zero-order valence-corrected chi connectivity index (χ0v) is 47.2. The molecule has 0 aliphatic rings.